The fraction of sp³-hybridized carbons (Fsp3) is 0.545. The van der Waals surface area contributed by atoms with Crippen LogP contribution in [-0.4, -0.2) is 18.0 Å². The molecule has 1 amide bonds. The van der Waals surface area contributed by atoms with Crippen LogP contribution in [-0.2, 0) is 0 Å². The summed E-state index contributed by atoms with van der Waals surface area (Å²) in [4.78, 5) is 12.7. The number of nitrogens with one attached hydrogen (secondary N) is 1. The van der Waals surface area contributed by atoms with Crippen molar-refractivity contribution in [3.05, 3.63) is 20.8 Å². The van der Waals surface area contributed by atoms with Crippen LogP contribution >= 0.6 is 39.7 Å². The lowest BCUT2D eigenvalue weighted by Gasteiger charge is -2.31. The second-order valence-electron chi connectivity index (χ2n) is 3.77. The van der Waals surface area contributed by atoms with Gasteiger partial charge in [-0.3, -0.25) is 4.79 Å². The Balaban J connectivity index is 0.00000256. The lowest BCUT2D eigenvalue weighted by atomic mass is 9.93. The number of hydrogen-bond donors (Lipinski definition) is 2. The molecule has 0 radical (unpaired) electrons. The molecular weight excluding hydrogens is 324 g/mol. The largest absolute Gasteiger partial charge is 0.345 e. The zero-order valence-electron chi connectivity index (χ0n) is 9.96. The first-order valence-electron chi connectivity index (χ1n) is 5.33. The fourth-order valence-electron chi connectivity index (χ4n) is 1.50. The van der Waals surface area contributed by atoms with Crippen molar-refractivity contribution in [2.45, 2.75) is 32.2 Å². The van der Waals surface area contributed by atoms with Crippen LogP contribution in [0.4, 0.5) is 0 Å². The molecule has 0 aliphatic rings. The topological polar surface area (TPSA) is 55.1 Å². The van der Waals surface area contributed by atoms with Crippen LogP contribution < -0.4 is 11.1 Å². The second-order valence-corrected chi connectivity index (χ2v) is 5.60. The Hall–Kier alpha value is -0.100. The molecule has 17 heavy (non-hydrogen) atoms. The average molecular weight is 342 g/mol. The summed E-state index contributed by atoms with van der Waals surface area (Å²) >= 11 is 4.77. The van der Waals surface area contributed by atoms with Gasteiger partial charge in [0.15, 0.2) is 0 Å². The maximum absolute atomic E-state index is 12.0. The molecule has 0 spiro atoms. The normalized spacial score (nSPS) is 10.8. The number of thiophene rings is 1. The van der Waals surface area contributed by atoms with Crippen LogP contribution in [0.2, 0.25) is 0 Å². The van der Waals surface area contributed by atoms with Crippen LogP contribution in [0.1, 0.15) is 36.4 Å². The van der Waals surface area contributed by atoms with Crippen LogP contribution in [0.5, 0.6) is 0 Å². The number of carbonyl (C=O) groups is 1. The summed E-state index contributed by atoms with van der Waals surface area (Å²) in [6.07, 6.45) is 1.69. The molecule has 0 saturated heterocycles. The Morgan fingerprint density at radius 2 is 2.12 bits per heavy atom. The highest BCUT2D eigenvalue weighted by Crippen LogP contribution is 2.21. The van der Waals surface area contributed by atoms with Crippen molar-refractivity contribution in [1.82, 2.24) is 5.32 Å². The van der Waals surface area contributed by atoms with E-state index in [1.807, 2.05) is 25.3 Å². The minimum Gasteiger partial charge on any atom is -0.345 e. The molecule has 98 valence electrons. The van der Waals surface area contributed by atoms with Gasteiger partial charge >= 0.3 is 0 Å². The standard InChI is InChI=1S/C11H17BrN2OS.ClH/c1-3-11(4-2,7-13)14-10(15)9-5-8(12)6-16-9;/h5-6H,3-4,7,13H2,1-2H3,(H,14,15);1H. The Morgan fingerprint density at radius 3 is 2.47 bits per heavy atom. The smallest absolute Gasteiger partial charge is 0.261 e. The molecule has 3 nitrogen and oxygen atoms in total. The predicted octanol–water partition coefficient (Wildman–Crippen LogP) is 3.18. The first kappa shape index (κ1) is 16.9. The summed E-state index contributed by atoms with van der Waals surface area (Å²) < 4.78 is 0.939. The maximum atomic E-state index is 12.0. The van der Waals surface area contributed by atoms with Crippen molar-refractivity contribution < 1.29 is 4.79 Å². The van der Waals surface area contributed by atoms with Gasteiger partial charge in [-0.1, -0.05) is 13.8 Å². The lowest BCUT2D eigenvalue weighted by molar-refractivity contribution is 0.0899. The zero-order valence-corrected chi connectivity index (χ0v) is 13.2. The molecule has 1 aromatic heterocycles. The predicted molar refractivity (Wildman–Crippen MR) is 79.1 cm³/mol. The van der Waals surface area contributed by atoms with Gasteiger partial charge in [0.25, 0.3) is 5.91 Å². The SMILES string of the molecule is CCC(CC)(CN)NC(=O)c1cc(Br)cs1.Cl. The average Bonchev–Trinajstić information content (AvgIpc) is 2.73. The molecule has 0 aromatic carbocycles. The molecular formula is C11H18BrClN2OS. The number of nitrogens with two attached hydrogens (primary N) is 1. The summed E-state index contributed by atoms with van der Waals surface area (Å²) in [7, 11) is 0. The van der Waals surface area contributed by atoms with Crippen molar-refractivity contribution in [2.75, 3.05) is 6.54 Å². The highest BCUT2D eigenvalue weighted by molar-refractivity contribution is 9.10. The van der Waals surface area contributed by atoms with E-state index in [4.69, 9.17) is 5.73 Å². The summed E-state index contributed by atoms with van der Waals surface area (Å²) in [6, 6.07) is 1.83. The summed E-state index contributed by atoms with van der Waals surface area (Å²) in [5.41, 5.74) is 5.47. The Labute approximate surface area is 121 Å². The highest BCUT2D eigenvalue weighted by atomic mass is 79.9. The van der Waals surface area contributed by atoms with Gasteiger partial charge in [0.2, 0.25) is 0 Å². The van der Waals surface area contributed by atoms with Crippen LogP contribution in [0, 0.1) is 0 Å². The molecule has 0 aliphatic carbocycles. The quantitative estimate of drug-likeness (QED) is 0.864. The number of rotatable bonds is 5. The second kappa shape index (κ2) is 7.36. The van der Waals surface area contributed by atoms with Gasteiger partial charge in [-0.25, -0.2) is 0 Å². The van der Waals surface area contributed by atoms with Crippen molar-refractivity contribution in [1.29, 1.82) is 0 Å². The summed E-state index contributed by atoms with van der Waals surface area (Å²) in [6.45, 7) is 4.56. The molecule has 1 aromatic rings. The van der Waals surface area contributed by atoms with Gasteiger partial charge in [0, 0.05) is 16.4 Å². The van der Waals surface area contributed by atoms with Crippen molar-refractivity contribution in [3.8, 4) is 0 Å². The van der Waals surface area contributed by atoms with Gasteiger partial charge < -0.3 is 11.1 Å². The molecule has 0 bridgehead atoms. The van der Waals surface area contributed by atoms with Gasteiger partial charge in [0.05, 0.1) is 10.4 Å². The minimum absolute atomic E-state index is 0. The molecule has 0 aliphatic heterocycles. The monoisotopic (exact) mass is 340 g/mol. The highest BCUT2D eigenvalue weighted by Gasteiger charge is 2.27. The van der Waals surface area contributed by atoms with Gasteiger partial charge in [-0.15, -0.1) is 23.7 Å². The number of halogens is 2. The van der Waals surface area contributed by atoms with Crippen LogP contribution in [0.25, 0.3) is 0 Å². The Morgan fingerprint density at radius 1 is 1.53 bits per heavy atom. The molecule has 6 heteroatoms. The Bertz CT molecular complexity index is 358. The third-order valence-electron chi connectivity index (χ3n) is 2.91. The molecule has 0 fully saturated rings. The van der Waals surface area contributed by atoms with E-state index >= 15 is 0 Å². The first-order valence-corrected chi connectivity index (χ1v) is 7.00. The molecule has 3 N–H and O–H groups in total. The van der Waals surface area contributed by atoms with E-state index in [0.717, 1.165) is 17.3 Å². The zero-order chi connectivity index (χ0) is 12.2. The molecule has 0 atom stereocenters. The summed E-state index contributed by atoms with van der Waals surface area (Å²) in [5.74, 6) is -0.0372. The van der Waals surface area contributed by atoms with E-state index < -0.39 is 0 Å². The Kier molecular flexibility index (Phi) is 7.32. The van der Waals surface area contributed by atoms with Crippen molar-refractivity contribution in [3.63, 3.8) is 0 Å². The van der Waals surface area contributed by atoms with Gasteiger partial charge in [-0.05, 0) is 34.8 Å². The number of hydrogen-bond acceptors (Lipinski definition) is 3. The number of carbonyl (C=O) groups excluding carboxylic acids is 1. The van der Waals surface area contributed by atoms with E-state index in [9.17, 15) is 4.79 Å². The number of amides is 1. The third-order valence-corrected chi connectivity index (χ3v) is 4.60. The third kappa shape index (κ3) is 4.25. The molecule has 1 heterocycles. The van der Waals surface area contributed by atoms with E-state index in [1.165, 1.54) is 11.3 Å². The van der Waals surface area contributed by atoms with Crippen LogP contribution in [0.15, 0.2) is 15.9 Å². The van der Waals surface area contributed by atoms with E-state index in [0.29, 0.717) is 11.4 Å². The van der Waals surface area contributed by atoms with E-state index in [2.05, 4.69) is 21.2 Å². The molecule has 0 unspecified atom stereocenters. The molecule has 0 saturated carbocycles. The lowest BCUT2D eigenvalue weighted by Crippen LogP contribution is -2.52. The van der Waals surface area contributed by atoms with E-state index in [-0.39, 0.29) is 23.9 Å². The van der Waals surface area contributed by atoms with Crippen molar-refractivity contribution >= 4 is 45.6 Å². The van der Waals surface area contributed by atoms with Gasteiger partial charge in [-0.2, -0.15) is 0 Å². The van der Waals surface area contributed by atoms with Gasteiger partial charge in [0.1, 0.15) is 0 Å². The van der Waals surface area contributed by atoms with Crippen molar-refractivity contribution in [2.24, 2.45) is 5.73 Å². The fourth-order valence-corrected chi connectivity index (χ4v) is 2.82. The van der Waals surface area contributed by atoms with E-state index in [1.54, 1.807) is 0 Å². The van der Waals surface area contributed by atoms with Crippen LogP contribution in [0.3, 0.4) is 0 Å². The maximum Gasteiger partial charge on any atom is 0.261 e. The summed E-state index contributed by atoms with van der Waals surface area (Å²) in [5, 5.41) is 4.93. The molecule has 1 rings (SSSR count). The minimum atomic E-state index is -0.270. The first-order chi connectivity index (χ1) is 7.56.